The van der Waals surface area contributed by atoms with Gasteiger partial charge in [-0.1, -0.05) is 25.0 Å². The van der Waals surface area contributed by atoms with Gasteiger partial charge < -0.3 is 9.84 Å². The summed E-state index contributed by atoms with van der Waals surface area (Å²) in [5.41, 5.74) is 1.11. The van der Waals surface area contributed by atoms with Gasteiger partial charge in [-0.2, -0.15) is 0 Å². The van der Waals surface area contributed by atoms with Crippen molar-refractivity contribution in [1.82, 2.24) is 4.90 Å². The Morgan fingerprint density at radius 3 is 2.90 bits per heavy atom. The van der Waals surface area contributed by atoms with Crippen LogP contribution in [0.15, 0.2) is 24.3 Å². The number of carboxylic acids is 1. The third-order valence-electron chi connectivity index (χ3n) is 4.15. The predicted octanol–water partition coefficient (Wildman–Crippen LogP) is 3.09. The van der Waals surface area contributed by atoms with Gasteiger partial charge in [-0.05, 0) is 44.0 Å². The molecule has 110 valence electrons. The first-order valence-electron chi connectivity index (χ1n) is 7.26. The monoisotopic (exact) mass is 277 g/mol. The molecule has 1 aliphatic rings. The first kappa shape index (κ1) is 14.9. The van der Waals surface area contributed by atoms with Gasteiger partial charge in [0, 0.05) is 6.04 Å². The van der Waals surface area contributed by atoms with E-state index in [1.807, 2.05) is 24.3 Å². The largest absolute Gasteiger partial charge is 0.497 e. The van der Waals surface area contributed by atoms with Crippen LogP contribution in [-0.4, -0.2) is 35.7 Å². The summed E-state index contributed by atoms with van der Waals surface area (Å²) in [5, 5.41) is 9.46. The fourth-order valence-electron chi connectivity index (χ4n) is 2.95. The number of carbonyl (C=O) groups is 1. The fourth-order valence-corrected chi connectivity index (χ4v) is 2.95. The van der Waals surface area contributed by atoms with Crippen LogP contribution in [0, 0.1) is 0 Å². The Labute approximate surface area is 120 Å². The lowest BCUT2D eigenvalue weighted by molar-refractivity contribution is -0.144. The van der Waals surface area contributed by atoms with Crippen LogP contribution in [-0.2, 0) is 4.79 Å². The van der Waals surface area contributed by atoms with Gasteiger partial charge in [0.1, 0.15) is 11.8 Å². The predicted molar refractivity (Wildman–Crippen MR) is 78.0 cm³/mol. The molecule has 0 spiro atoms. The fraction of sp³-hybridized carbons (Fsp3) is 0.562. The molecule has 2 atom stereocenters. The summed E-state index contributed by atoms with van der Waals surface area (Å²) in [4.78, 5) is 13.6. The van der Waals surface area contributed by atoms with Crippen molar-refractivity contribution in [3.8, 4) is 5.75 Å². The van der Waals surface area contributed by atoms with Gasteiger partial charge in [0.2, 0.25) is 0 Å². The highest BCUT2D eigenvalue weighted by Gasteiger charge is 2.31. The molecule has 0 aliphatic carbocycles. The Balaban J connectivity index is 2.23. The minimum Gasteiger partial charge on any atom is -0.497 e. The molecule has 4 heteroatoms. The molecule has 0 bridgehead atoms. The number of carboxylic acid groups (broad SMARTS) is 1. The number of methoxy groups -OCH3 is 1. The van der Waals surface area contributed by atoms with Gasteiger partial charge in [0.05, 0.1) is 7.11 Å². The van der Waals surface area contributed by atoms with Crippen molar-refractivity contribution in [3.63, 3.8) is 0 Å². The van der Waals surface area contributed by atoms with E-state index in [9.17, 15) is 9.90 Å². The molecule has 2 rings (SSSR count). The van der Waals surface area contributed by atoms with Crippen molar-refractivity contribution in [1.29, 1.82) is 0 Å². The molecule has 1 fully saturated rings. The standard InChI is InChI=1S/C16H23NO3/c1-12(13-7-6-8-14(11-13)20-2)17-10-5-3-4-9-15(17)16(18)19/h6-8,11-12,15H,3-5,9-10H2,1-2H3,(H,18,19). The molecule has 1 N–H and O–H groups in total. The third-order valence-corrected chi connectivity index (χ3v) is 4.15. The smallest absolute Gasteiger partial charge is 0.320 e. The molecular weight excluding hydrogens is 254 g/mol. The van der Waals surface area contributed by atoms with Gasteiger partial charge in [0.25, 0.3) is 0 Å². The third kappa shape index (κ3) is 3.31. The summed E-state index contributed by atoms with van der Waals surface area (Å²) in [6, 6.07) is 7.61. The lowest BCUT2D eigenvalue weighted by atomic mass is 10.0. The van der Waals surface area contributed by atoms with E-state index in [4.69, 9.17) is 4.74 Å². The number of aliphatic carboxylic acids is 1. The van der Waals surface area contributed by atoms with E-state index in [1.54, 1.807) is 7.11 Å². The van der Waals surface area contributed by atoms with Gasteiger partial charge >= 0.3 is 5.97 Å². The van der Waals surface area contributed by atoms with E-state index >= 15 is 0 Å². The average Bonchev–Trinajstić information content (AvgIpc) is 2.72. The van der Waals surface area contributed by atoms with Crippen molar-refractivity contribution < 1.29 is 14.6 Å². The van der Waals surface area contributed by atoms with Crippen LogP contribution in [0.1, 0.15) is 44.2 Å². The molecule has 0 amide bonds. The summed E-state index contributed by atoms with van der Waals surface area (Å²) in [6.07, 6.45) is 3.92. The molecule has 0 radical (unpaired) electrons. The number of rotatable bonds is 4. The zero-order valence-electron chi connectivity index (χ0n) is 12.2. The van der Waals surface area contributed by atoms with Crippen LogP contribution in [0.2, 0.25) is 0 Å². The first-order chi connectivity index (χ1) is 9.63. The number of nitrogens with zero attached hydrogens (tertiary/aromatic N) is 1. The van der Waals surface area contributed by atoms with Gasteiger partial charge in [-0.15, -0.1) is 0 Å². The Morgan fingerprint density at radius 1 is 1.40 bits per heavy atom. The highest BCUT2D eigenvalue weighted by molar-refractivity contribution is 5.73. The van der Waals surface area contributed by atoms with E-state index in [-0.39, 0.29) is 12.1 Å². The lowest BCUT2D eigenvalue weighted by Crippen LogP contribution is -2.42. The van der Waals surface area contributed by atoms with E-state index in [0.29, 0.717) is 0 Å². The van der Waals surface area contributed by atoms with Crippen molar-refractivity contribution in [2.75, 3.05) is 13.7 Å². The van der Waals surface area contributed by atoms with Crippen LogP contribution in [0.25, 0.3) is 0 Å². The van der Waals surface area contributed by atoms with Crippen LogP contribution < -0.4 is 4.74 Å². The molecule has 0 aromatic heterocycles. The minimum atomic E-state index is -0.707. The van der Waals surface area contributed by atoms with E-state index in [1.165, 1.54) is 0 Å². The quantitative estimate of drug-likeness (QED) is 0.919. The Hall–Kier alpha value is -1.55. The molecular formula is C16H23NO3. The van der Waals surface area contributed by atoms with E-state index in [0.717, 1.165) is 43.5 Å². The zero-order chi connectivity index (χ0) is 14.5. The van der Waals surface area contributed by atoms with Crippen molar-refractivity contribution >= 4 is 5.97 Å². The second kappa shape index (κ2) is 6.75. The van der Waals surface area contributed by atoms with Gasteiger partial charge in [-0.3, -0.25) is 9.69 Å². The van der Waals surface area contributed by atoms with Gasteiger partial charge in [-0.25, -0.2) is 0 Å². The van der Waals surface area contributed by atoms with Crippen LogP contribution in [0.4, 0.5) is 0 Å². The number of likely N-dealkylation sites (tertiary alicyclic amines) is 1. The summed E-state index contributed by atoms with van der Waals surface area (Å²) >= 11 is 0. The van der Waals surface area contributed by atoms with Crippen LogP contribution in [0.3, 0.4) is 0 Å². The molecule has 1 aliphatic heterocycles. The summed E-state index contributed by atoms with van der Waals surface area (Å²) in [7, 11) is 1.65. The number of hydrogen-bond acceptors (Lipinski definition) is 3. The zero-order valence-corrected chi connectivity index (χ0v) is 12.2. The normalized spacial score (nSPS) is 22.0. The Kier molecular flexibility index (Phi) is 5.01. The molecule has 1 aromatic rings. The highest BCUT2D eigenvalue weighted by atomic mass is 16.5. The lowest BCUT2D eigenvalue weighted by Gasteiger charge is -2.33. The average molecular weight is 277 g/mol. The summed E-state index contributed by atoms with van der Waals surface area (Å²) < 4.78 is 5.26. The first-order valence-corrected chi connectivity index (χ1v) is 7.26. The van der Waals surface area contributed by atoms with E-state index in [2.05, 4.69) is 11.8 Å². The summed E-state index contributed by atoms with van der Waals surface area (Å²) in [5.74, 6) is 0.109. The molecule has 20 heavy (non-hydrogen) atoms. The maximum Gasteiger partial charge on any atom is 0.320 e. The number of benzene rings is 1. The van der Waals surface area contributed by atoms with Gasteiger partial charge in [0.15, 0.2) is 0 Å². The van der Waals surface area contributed by atoms with Crippen LogP contribution >= 0.6 is 0 Å². The molecule has 0 saturated carbocycles. The Morgan fingerprint density at radius 2 is 2.20 bits per heavy atom. The second-order valence-electron chi connectivity index (χ2n) is 5.39. The molecule has 4 nitrogen and oxygen atoms in total. The molecule has 1 heterocycles. The number of hydrogen-bond donors (Lipinski definition) is 1. The maximum atomic E-state index is 11.5. The van der Waals surface area contributed by atoms with Crippen LogP contribution in [0.5, 0.6) is 5.75 Å². The molecule has 1 aromatic carbocycles. The maximum absolute atomic E-state index is 11.5. The number of ether oxygens (including phenoxy) is 1. The Bertz CT molecular complexity index is 461. The van der Waals surface area contributed by atoms with Crippen molar-refractivity contribution in [3.05, 3.63) is 29.8 Å². The molecule has 2 unspecified atom stereocenters. The van der Waals surface area contributed by atoms with Crippen molar-refractivity contribution in [2.45, 2.75) is 44.7 Å². The second-order valence-corrected chi connectivity index (χ2v) is 5.39. The SMILES string of the molecule is COc1cccc(C(C)N2CCCCCC2C(=O)O)c1. The topological polar surface area (TPSA) is 49.8 Å². The van der Waals surface area contributed by atoms with Crippen molar-refractivity contribution in [2.24, 2.45) is 0 Å². The molecule has 1 saturated heterocycles. The van der Waals surface area contributed by atoms with E-state index < -0.39 is 5.97 Å². The summed E-state index contributed by atoms with van der Waals surface area (Å²) in [6.45, 7) is 2.92. The minimum absolute atomic E-state index is 0.0873. The highest BCUT2D eigenvalue weighted by Crippen LogP contribution is 2.29.